The zero-order valence-corrected chi connectivity index (χ0v) is 16.4. The fourth-order valence-corrected chi connectivity index (χ4v) is 2.84. The molecule has 0 bridgehead atoms. The lowest BCUT2D eigenvalue weighted by Crippen LogP contribution is -2.25. The van der Waals surface area contributed by atoms with Crippen LogP contribution < -0.4 is 5.73 Å². The molecule has 0 saturated carbocycles. The van der Waals surface area contributed by atoms with E-state index < -0.39 is 2.14 Å². The van der Waals surface area contributed by atoms with Crippen molar-refractivity contribution in [2.75, 3.05) is 12.3 Å². The highest BCUT2D eigenvalue weighted by Gasteiger charge is 2.36. The first-order valence-electron chi connectivity index (χ1n) is 6.62. The number of aromatic nitrogens is 4. The van der Waals surface area contributed by atoms with E-state index >= 15 is 0 Å². The summed E-state index contributed by atoms with van der Waals surface area (Å²) < 4.78 is 13.3. The second-order valence-corrected chi connectivity index (χ2v) is 12.3. The number of imidazole rings is 1. The van der Waals surface area contributed by atoms with Gasteiger partial charge in [-0.25, -0.2) is 15.0 Å². The molecule has 10 heteroatoms. The Kier molecular flexibility index (Phi) is 4.75. The van der Waals surface area contributed by atoms with Gasteiger partial charge in [0.15, 0.2) is 13.6 Å². The molecule has 3 atom stereocenters. The molecular formula is C12H14Br3N5O2. The number of hydrogen-bond acceptors (Lipinski definition) is 6. The monoisotopic (exact) mass is 497 g/mol. The van der Waals surface area contributed by atoms with Gasteiger partial charge in [0.05, 0.1) is 25.1 Å². The maximum Gasteiger partial charge on any atom is 0.167 e. The number of ether oxygens (including phenoxy) is 2. The highest BCUT2D eigenvalue weighted by atomic mass is 80.0. The van der Waals surface area contributed by atoms with Crippen molar-refractivity contribution in [1.29, 1.82) is 0 Å². The van der Waals surface area contributed by atoms with Crippen LogP contribution in [0, 0.1) is 0 Å². The molecule has 0 aliphatic carbocycles. The molecule has 2 aromatic rings. The van der Waals surface area contributed by atoms with Crippen molar-refractivity contribution >= 4 is 64.8 Å². The summed E-state index contributed by atoms with van der Waals surface area (Å²) >= 11 is 10.3. The number of nitrogens with two attached hydrogens (primary N) is 1. The van der Waals surface area contributed by atoms with Gasteiger partial charge in [-0.1, -0.05) is 47.8 Å². The second kappa shape index (κ2) is 6.31. The number of alkyl halides is 3. The van der Waals surface area contributed by atoms with Gasteiger partial charge in [-0.3, -0.25) is 4.57 Å². The number of hydrogen-bond donors (Lipinski definition) is 1. The van der Waals surface area contributed by atoms with Gasteiger partial charge in [-0.05, 0) is 6.92 Å². The van der Waals surface area contributed by atoms with Crippen molar-refractivity contribution in [3.05, 3.63) is 12.7 Å². The van der Waals surface area contributed by atoms with Gasteiger partial charge in [0.1, 0.15) is 18.1 Å². The second-order valence-electron chi connectivity index (χ2n) is 5.08. The van der Waals surface area contributed by atoms with Crippen molar-refractivity contribution in [3.8, 4) is 0 Å². The molecule has 0 amide bonds. The van der Waals surface area contributed by atoms with Crippen molar-refractivity contribution in [3.63, 3.8) is 0 Å². The summed E-state index contributed by atoms with van der Waals surface area (Å²) in [6, 6.07) is 0. The van der Waals surface area contributed by atoms with Gasteiger partial charge in [0, 0.05) is 6.42 Å². The van der Waals surface area contributed by atoms with Crippen LogP contribution in [-0.4, -0.2) is 40.5 Å². The van der Waals surface area contributed by atoms with Gasteiger partial charge < -0.3 is 15.2 Å². The van der Waals surface area contributed by atoms with E-state index in [2.05, 4.69) is 62.7 Å². The number of anilines is 1. The Morgan fingerprint density at radius 3 is 2.91 bits per heavy atom. The third-order valence-electron chi connectivity index (χ3n) is 3.49. The Hall–Kier alpha value is -0.290. The minimum absolute atomic E-state index is 0.0198. The van der Waals surface area contributed by atoms with Crippen molar-refractivity contribution < 1.29 is 9.47 Å². The predicted octanol–water partition coefficient (Wildman–Crippen LogP) is 2.94. The maximum atomic E-state index is 5.98. The van der Waals surface area contributed by atoms with E-state index in [-0.39, 0.29) is 18.4 Å². The molecule has 0 aromatic carbocycles. The third-order valence-corrected chi connectivity index (χ3v) is 4.17. The van der Waals surface area contributed by atoms with Crippen molar-refractivity contribution in [1.82, 2.24) is 19.5 Å². The smallest absolute Gasteiger partial charge is 0.167 e. The van der Waals surface area contributed by atoms with Crippen molar-refractivity contribution in [2.24, 2.45) is 0 Å². The van der Waals surface area contributed by atoms with Gasteiger partial charge in [-0.15, -0.1) is 0 Å². The Balaban J connectivity index is 1.77. The lowest BCUT2D eigenvalue weighted by atomic mass is 10.2. The minimum atomic E-state index is -0.422. The first-order valence-corrected chi connectivity index (χ1v) is 9.00. The van der Waals surface area contributed by atoms with Gasteiger partial charge in [-0.2, -0.15) is 0 Å². The number of halogens is 3. The molecule has 2 aromatic heterocycles. The maximum absolute atomic E-state index is 5.98. The number of nitrogen functional groups attached to an aromatic ring is 1. The number of nitrogens with zero attached hydrogens (tertiary/aromatic N) is 4. The molecule has 0 radical (unpaired) electrons. The molecule has 3 rings (SSSR count). The summed E-state index contributed by atoms with van der Waals surface area (Å²) in [5, 5.41) is 0. The fourth-order valence-electron chi connectivity index (χ4n) is 2.45. The molecule has 22 heavy (non-hydrogen) atoms. The van der Waals surface area contributed by atoms with Crippen molar-refractivity contribution in [2.45, 2.75) is 33.9 Å². The molecule has 1 fully saturated rings. The largest absolute Gasteiger partial charge is 0.382 e. The topological polar surface area (TPSA) is 88.1 Å². The fraction of sp³-hybridized carbons (Fsp3) is 0.583. The minimum Gasteiger partial charge on any atom is -0.382 e. The summed E-state index contributed by atoms with van der Waals surface area (Å²) in [7, 11) is 0. The zero-order valence-electron chi connectivity index (χ0n) is 11.6. The highest BCUT2D eigenvalue weighted by Crippen LogP contribution is 2.37. The first-order chi connectivity index (χ1) is 10.3. The summed E-state index contributed by atoms with van der Waals surface area (Å²) in [6.07, 6.45) is 3.58. The summed E-state index contributed by atoms with van der Waals surface area (Å²) in [4.78, 5) is 12.5. The average Bonchev–Trinajstić information content (AvgIpc) is 3.00. The van der Waals surface area contributed by atoms with Gasteiger partial charge >= 0.3 is 0 Å². The molecule has 7 nitrogen and oxygen atoms in total. The molecular weight excluding hydrogens is 486 g/mol. The Labute approximate surface area is 152 Å². The number of fused-ring (bicyclic) bond motifs is 1. The Bertz CT molecular complexity index is 674. The molecule has 2 N–H and O–H groups in total. The average molecular weight is 500 g/mol. The van der Waals surface area contributed by atoms with Crippen LogP contribution in [0.5, 0.6) is 0 Å². The van der Waals surface area contributed by atoms with E-state index in [0.29, 0.717) is 30.0 Å². The van der Waals surface area contributed by atoms with E-state index in [9.17, 15) is 0 Å². The Morgan fingerprint density at radius 2 is 2.18 bits per heavy atom. The number of rotatable bonds is 3. The third kappa shape index (κ3) is 3.45. The van der Waals surface area contributed by atoms with Crippen LogP contribution in [-0.2, 0) is 9.47 Å². The van der Waals surface area contributed by atoms with Crippen LogP contribution in [0.15, 0.2) is 12.7 Å². The standard InChI is InChI=1S/C12H14Br3N5O2/c1-6-7(21-3-12(13,14)15)2-8(22-6)20-5-19-9-10(16)17-4-18-11(9)20/h4-8H,2-3H2,1H3,(H2,16,17,18)/t6-,7?,8-/m1/s1. The van der Waals surface area contributed by atoms with E-state index in [4.69, 9.17) is 15.2 Å². The van der Waals surface area contributed by atoms with E-state index in [0.717, 1.165) is 0 Å². The lowest BCUT2D eigenvalue weighted by Gasteiger charge is -2.18. The highest BCUT2D eigenvalue weighted by molar-refractivity contribution is 9.39. The molecule has 120 valence electrons. The zero-order chi connectivity index (χ0) is 15.9. The van der Waals surface area contributed by atoms with Crippen LogP contribution in [0.4, 0.5) is 5.82 Å². The summed E-state index contributed by atoms with van der Waals surface area (Å²) in [5.74, 6) is 0.366. The van der Waals surface area contributed by atoms with Crippen LogP contribution >= 0.6 is 47.8 Å². The normalized spacial score (nSPS) is 25.9. The molecule has 3 heterocycles. The predicted molar refractivity (Wildman–Crippen MR) is 93.2 cm³/mol. The van der Waals surface area contributed by atoms with Crippen LogP contribution in [0.1, 0.15) is 19.6 Å². The summed E-state index contributed by atoms with van der Waals surface area (Å²) in [6.45, 7) is 2.45. The molecule has 0 spiro atoms. The van der Waals surface area contributed by atoms with Crippen LogP contribution in [0.25, 0.3) is 11.2 Å². The first kappa shape index (κ1) is 16.6. The summed E-state index contributed by atoms with van der Waals surface area (Å²) in [5.41, 5.74) is 7.06. The molecule has 1 aliphatic heterocycles. The van der Waals surface area contributed by atoms with E-state index in [1.54, 1.807) is 6.33 Å². The van der Waals surface area contributed by atoms with E-state index in [1.807, 2.05) is 11.5 Å². The Morgan fingerprint density at radius 1 is 1.41 bits per heavy atom. The van der Waals surface area contributed by atoms with Crippen LogP contribution in [0.3, 0.4) is 0 Å². The van der Waals surface area contributed by atoms with E-state index in [1.165, 1.54) is 6.33 Å². The molecule has 1 unspecified atom stereocenters. The molecule has 1 aliphatic rings. The van der Waals surface area contributed by atoms with Gasteiger partial charge in [0.2, 0.25) is 0 Å². The molecule has 1 saturated heterocycles. The van der Waals surface area contributed by atoms with Crippen LogP contribution in [0.2, 0.25) is 0 Å². The van der Waals surface area contributed by atoms with Gasteiger partial charge in [0.25, 0.3) is 0 Å². The lowest BCUT2D eigenvalue weighted by molar-refractivity contribution is -0.0252. The quantitative estimate of drug-likeness (QED) is 0.653. The SMILES string of the molecule is C[C@H]1O[C@@H](n2cnc3c(N)ncnc32)CC1OCC(Br)(Br)Br.